The van der Waals surface area contributed by atoms with E-state index in [0.29, 0.717) is 0 Å². The summed E-state index contributed by atoms with van der Waals surface area (Å²) in [5, 5.41) is 0. The zero-order valence-electron chi connectivity index (χ0n) is 23.6. The van der Waals surface area contributed by atoms with Gasteiger partial charge in [-0.15, -0.1) is 0 Å². The highest BCUT2D eigenvalue weighted by molar-refractivity contribution is 6.60. The van der Waals surface area contributed by atoms with Crippen LogP contribution >= 0.6 is 0 Å². The topological polar surface area (TPSA) is 68.6 Å². The predicted octanol–water partition coefficient (Wildman–Crippen LogP) is 2.08. The van der Waals surface area contributed by atoms with E-state index in [2.05, 4.69) is 48.3 Å². The van der Waals surface area contributed by atoms with Gasteiger partial charge in [0.2, 0.25) is 0 Å². The molecule has 0 saturated carbocycles. The number of amidine groups is 2. The summed E-state index contributed by atoms with van der Waals surface area (Å²) in [4.78, 5) is 22.0. The Kier molecular flexibility index (Phi) is 12.6. The molecular formula is C25H51N7O3Si. The number of nitrogens with zero attached hydrogens (tertiary/aromatic N) is 7. The van der Waals surface area contributed by atoms with Crippen molar-refractivity contribution in [3.63, 3.8) is 0 Å². The molecule has 208 valence electrons. The Bertz CT molecular complexity index is 655. The van der Waals surface area contributed by atoms with Crippen LogP contribution in [-0.4, -0.2) is 145 Å². The van der Waals surface area contributed by atoms with E-state index in [9.17, 15) is 0 Å². The Morgan fingerprint density at radius 1 is 0.639 bits per heavy atom. The smallest absolute Gasteiger partial charge is 0.377 e. The molecule has 1 fully saturated rings. The maximum absolute atomic E-state index is 5.63. The van der Waals surface area contributed by atoms with Crippen LogP contribution in [-0.2, 0) is 13.3 Å². The molecule has 3 aliphatic rings. The van der Waals surface area contributed by atoms with E-state index in [0.717, 1.165) is 91.4 Å². The minimum atomic E-state index is -2.52. The van der Waals surface area contributed by atoms with Crippen LogP contribution in [0.4, 0.5) is 0 Å². The summed E-state index contributed by atoms with van der Waals surface area (Å²) < 4.78 is 16.9. The Labute approximate surface area is 220 Å². The van der Waals surface area contributed by atoms with E-state index in [4.69, 9.17) is 13.3 Å². The molecule has 0 aromatic heterocycles. The Balaban J connectivity index is 1.49. The maximum Gasteiger partial charge on any atom is 0.500 e. The zero-order valence-corrected chi connectivity index (χ0v) is 24.6. The molecule has 0 bridgehead atoms. The molecule has 0 spiro atoms. The molecule has 0 aromatic rings. The third kappa shape index (κ3) is 9.04. The Hall–Kier alpha value is -1.08. The van der Waals surface area contributed by atoms with Gasteiger partial charge >= 0.3 is 8.80 Å². The number of hydrogen-bond donors (Lipinski definition) is 0. The van der Waals surface area contributed by atoms with Gasteiger partial charge < -0.3 is 23.1 Å². The molecule has 1 saturated heterocycles. The van der Waals surface area contributed by atoms with E-state index in [1.54, 1.807) is 21.3 Å². The average Bonchev–Trinajstić information content (AvgIpc) is 2.89. The van der Waals surface area contributed by atoms with E-state index < -0.39 is 8.80 Å². The molecule has 0 atom stereocenters. The molecule has 3 rings (SSSR count). The van der Waals surface area contributed by atoms with Gasteiger partial charge in [0.15, 0.2) is 0 Å². The highest BCUT2D eigenvalue weighted by Gasteiger charge is 2.37. The van der Waals surface area contributed by atoms with Crippen molar-refractivity contribution in [2.24, 2.45) is 9.98 Å². The first-order valence-electron chi connectivity index (χ1n) is 13.8. The summed E-state index contributed by atoms with van der Waals surface area (Å²) in [6.45, 7) is 17.1. The predicted molar refractivity (Wildman–Crippen MR) is 148 cm³/mol. The summed E-state index contributed by atoms with van der Waals surface area (Å²) >= 11 is 0. The van der Waals surface area contributed by atoms with Gasteiger partial charge in [-0.3, -0.25) is 24.7 Å². The van der Waals surface area contributed by atoms with Crippen molar-refractivity contribution in [1.82, 2.24) is 24.5 Å². The van der Waals surface area contributed by atoms with Crippen LogP contribution in [0, 0.1) is 0 Å². The molecule has 3 heterocycles. The van der Waals surface area contributed by atoms with Gasteiger partial charge in [-0.05, 0) is 46.0 Å². The van der Waals surface area contributed by atoms with Gasteiger partial charge in [0.1, 0.15) is 0 Å². The SMILES string of the molecule is CO[Si](CCCN1CN(CCCN2CCCN=C2C)CN(CCCN2CCCN=C2C)C1)(OC)OC. The molecule has 0 amide bonds. The first-order chi connectivity index (χ1) is 17.5. The molecule has 0 N–H and O–H groups in total. The van der Waals surface area contributed by atoms with Crippen molar-refractivity contribution >= 4 is 20.5 Å². The molecule has 10 nitrogen and oxygen atoms in total. The van der Waals surface area contributed by atoms with Crippen molar-refractivity contribution in [1.29, 1.82) is 0 Å². The quantitative estimate of drug-likeness (QED) is 0.301. The zero-order chi connectivity index (χ0) is 25.8. The van der Waals surface area contributed by atoms with Crippen LogP contribution in [0.3, 0.4) is 0 Å². The lowest BCUT2D eigenvalue weighted by Crippen LogP contribution is -2.56. The van der Waals surface area contributed by atoms with Gasteiger partial charge in [-0.2, -0.15) is 0 Å². The molecule has 0 aliphatic carbocycles. The summed E-state index contributed by atoms with van der Waals surface area (Å²) in [6.07, 6.45) is 5.71. The number of aliphatic imine (C=N–C) groups is 2. The lowest BCUT2D eigenvalue weighted by atomic mass is 10.2. The van der Waals surface area contributed by atoms with Crippen LogP contribution in [0.5, 0.6) is 0 Å². The highest BCUT2D eigenvalue weighted by Crippen LogP contribution is 2.17. The highest BCUT2D eigenvalue weighted by atomic mass is 28.4. The van der Waals surface area contributed by atoms with Crippen molar-refractivity contribution in [2.75, 3.05) is 100 Å². The second kappa shape index (κ2) is 15.4. The molecule has 0 radical (unpaired) electrons. The van der Waals surface area contributed by atoms with Crippen LogP contribution < -0.4 is 0 Å². The van der Waals surface area contributed by atoms with Gasteiger partial charge in [-0.25, -0.2) is 0 Å². The lowest BCUT2D eigenvalue weighted by molar-refractivity contribution is -0.0313. The van der Waals surface area contributed by atoms with Crippen LogP contribution in [0.2, 0.25) is 6.04 Å². The summed E-state index contributed by atoms with van der Waals surface area (Å²) in [5.74, 6) is 2.42. The first kappa shape index (κ1) is 29.5. The fourth-order valence-corrected chi connectivity index (χ4v) is 7.23. The fraction of sp³-hybridized carbons (Fsp3) is 0.920. The van der Waals surface area contributed by atoms with Crippen LogP contribution in [0.25, 0.3) is 0 Å². The minimum absolute atomic E-state index is 0.841. The maximum atomic E-state index is 5.63. The van der Waals surface area contributed by atoms with Gasteiger partial charge in [-0.1, -0.05) is 0 Å². The molecule has 36 heavy (non-hydrogen) atoms. The van der Waals surface area contributed by atoms with Crippen LogP contribution in [0.15, 0.2) is 9.98 Å². The van der Waals surface area contributed by atoms with E-state index in [1.807, 2.05) is 0 Å². The van der Waals surface area contributed by atoms with Crippen molar-refractivity contribution in [3.8, 4) is 0 Å². The Morgan fingerprint density at radius 3 is 1.44 bits per heavy atom. The molecule has 0 unspecified atom stereocenters. The third-order valence-electron chi connectivity index (χ3n) is 7.66. The third-order valence-corrected chi connectivity index (χ3v) is 10.5. The molecule has 0 aromatic carbocycles. The lowest BCUT2D eigenvalue weighted by Gasteiger charge is -2.43. The van der Waals surface area contributed by atoms with Crippen molar-refractivity contribution in [2.45, 2.75) is 52.0 Å². The number of hydrogen-bond acceptors (Lipinski definition) is 10. The average molecular weight is 526 g/mol. The second-order valence-electron chi connectivity index (χ2n) is 10.3. The van der Waals surface area contributed by atoms with E-state index in [-0.39, 0.29) is 0 Å². The summed E-state index contributed by atoms with van der Waals surface area (Å²) in [6, 6.07) is 0.841. The second-order valence-corrected chi connectivity index (χ2v) is 13.3. The van der Waals surface area contributed by atoms with Gasteiger partial charge in [0, 0.05) is 86.3 Å². The molecule has 11 heteroatoms. The first-order valence-corrected chi connectivity index (χ1v) is 15.8. The van der Waals surface area contributed by atoms with Crippen molar-refractivity contribution in [3.05, 3.63) is 0 Å². The monoisotopic (exact) mass is 525 g/mol. The normalized spacial score (nSPS) is 21.1. The summed E-state index contributed by atoms with van der Waals surface area (Å²) in [5.41, 5.74) is 0. The van der Waals surface area contributed by atoms with Crippen LogP contribution in [0.1, 0.15) is 46.0 Å². The molecule has 3 aliphatic heterocycles. The van der Waals surface area contributed by atoms with E-state index in [1.165, 1.54) is 37.4 Å². The van der Waals surface area contributed by atoms with Gasteiger partial charge in [0.25, 0.3) is 0 Å². The van der Waals surface area contributed by atoms with Crippen molar-refractivity contribution < 1.29 is 13.3 Å². The molecular weight excluding hydrogens is 474 g/mol. The standard InChI is InChI=1S/C25H51N7O3Si/c1-24-26-11-6-16-31(24)18-8-13-28-21-29(14-9-19-32-17-7-12-27-25(32)2)23-30(22-28)15-10-20-36(33-3,34-4)35-5/h6-23H2,1-5H3. The van der Waals surface area contributed by atoms with E-state index >= 15 is 0 Å². The summed E-state index contributed by atoms with van der Waals surface area (Å²) in [7, 11) is 2.59. The minimum Gasteiger partial charge on any atom is -0.377 e. The number of rotatable bonds is 15. The Morgan fingerprint density at radius 2 is 1.06 bits per heavy atom. The largest absolute Gasteiger partial charge is 0.500 e. The van der Waals surface area contributed by atoms with Gasteiger partial charge in [0.05, 0.1) is 31.7 Å². The fourth-order valence-electron chi connectivity index (χ4n) is 5.53.